The summed E-state index contributed by atoms with van der Waals surface area (Å²) in [5.41, 5.74) is 7.62. The fourth-order valence-corrected chi connectivity index (χ4v) is 6.23. The summed E-state index contributed by atoms with van der Waals surface area (Å²) in [6.45, 7) is 4.19. The smallest absolute Gasteiger partial charge is 0.341 e. The van der Waals surface area contributed by atoms with Gasteiger partial charge in [-0.1, -0.05) is 6.92 Å². The topological polar surface area (TPSA) is 108 Å². The maximum Gasteiger partial charge on any atom is 0.341 e. The third kappa shape index (κ3) is 5.50. The summed E-state index contributed by atoms with van der Waals surface area (Å²) in [6, 6.07) is -0.0309. The molecule has 1 fully saturated rings. The molecule has 3 amide bonds. The van der Waals surface area contributed by atoms with Crippen LogP contribution in [0.2, 0.25) is 0 Å². The molecule has 2 heterocycles. The lowest BCUT2D eigenvalue weighted by Crippen LogP contribution is -2.55. The van der Waals surface area contributed by atoms with Gasteiger partial charge in [0.1, 0.15) is 5.00 Å². The molecule has 33 heavy (non-hydrogen) atoms. The molecule has 1 aliphatic carbocycles. The molecule has 3 atom stereocenters. The molecule has 0 radical (unpaired) electrons. The number of nitrogens with two attached hydrogens (primary N) is 1. The maximum atomic E-state index is 13.5. The molecule has 1 saturated heterocycles. The average Bonchev–Trinajstić information content (AvgIpc) is 3.09. The Labute approximate surface area is 200 Å². The van der Waals surface area contributed by atoms with Crippen LogP contribution in [0.5, 0.6) is 0 Å². The molecule has 0 unspecified atom stereocenters. The standard InChI is InChI=1S/C23H37N5O4S/c1-6-8-28(23(31)25-7-9-26(2)3)21(29)15-10-14-11-16-18(12-17(14)27(4)13-15)33-20(24)19(16)22(30)32-5/h14-15,17H,6-13,24H2,1-5H3,(H,25,31)/t14-,15-,17-/m1/s1. The molecule has 2 aliphatic rings. The van der Waals surface area contributed by atoms with Crippen molar-refractivity contribution in [3.05, 3.63) is 16.0 Å². The zero-order valence-electron chi connectivity index (χ0n) is 20.3. The number of piperidine rings is 1. The van der Waals surface area contributed by atoms with Gasteiger partial charge in [0.25, 0.3) is 0 Å². The van der Waals surface area contributed by atoms with Gasteiger partial charge in [0.05, 0.1) is 18.6 Å². The summed E-state index contributed by atoms with van der Waals surface area (Å²) in [5.74, 6) is -0.568. The maximum absolute atomic E-state index is 13.5. The number of anilines is 1. The second-order valence-corrected chi connectivity index (χ2v) is 10.5. The minimum Gasteiger partial charge on any atom is -0.465 e. The Kier molecular flexibility index (Phi) is 8.36. The number of amides is 3. The van der Waals surface area contributed by atoms with Gasteiger partial charge in [-0.15, -0.1) is 11.3 Å². The normalized spacial score (nSPS) is 22.4. The summed E-state index contributed by atoms with van der Waals surface area (Å²) in [7, 11) is 7.30. The van der Waals surface area contributed by atoms with Crippen LogP contribution in [0, 0.1) is 11.8 Å². The molecule has 3 rings (SSSR count). The van der Waals surface area contributed by atoms with Crippen LogP contribution in [0.3, 0.4) is 0 Å². The number of rotatable bonds is 7. The summed E-state index contributed by atoms with van der Waals surface area (Å²) in [5, 5.41) is 3.38. The third-order valence-electron chi connectivity index (χ3n) is 6.72. The van der Waals surface area contributed by atoms with Crippen LogP contribution >= 0.6 is 11.3 Å². The number of esters is 1. The van der Waals surface area contributed by atoms with Crippen LogP contribution in [-0.2, 0) is 22.4 Å². The highest BCUT2D eigenvalue weighted by Gasteiger charge is 2.43. The highest BCUT2D eigenvalue weighted by atomic mass is 32.1. The first-order valence-corrected chi connectivity index (χ1v) is 12.4. The molecule has 184 valence electrons. The van der Waals surface area contributed by atoms with Gasteiger partial charge >= 0.3 is 12.0 Å². The highest BCUT2D eigenvalue weighted by Crippen LogP contribution is 2.43. The number of carbonyl (C=O) groups is 3. The van der Waals surface area contributed by atoms with Gasteiger partial charge in [0.2, 0.25) is 5.91 Å². The number of ether oxygens (including phenoxy) is 1. The number of hydrogen-bond acceptors (Lipinski definition) is 8. The predicted octanol–water partition coefficient (Wildman–Crippen LogP) is 1.66. The van der Waals surface area contributed by atoms with E-state index in [-0.39, 0.29) is 23.8 Å². The van der Waals surface area contributed by atoms with Gasteiger partial charge in [0.15, 0.2) is 0 Å². The number of likely N-dealkylation sites (N-methyl/N-ethyl adjacent to an activating group) is 2. The molecule has 1 aliphatic heterocycles. The van der Waals surface area contributed by atoms with Crippen LogP contribution in [0.4, 0.5) is 9.80 Å². The molecule has 0 bridgehead atoms. The number of likely N-dealkylation sites (tertiary alicyclic amines) is 1. The summed E-state index contributed by atoms with van der Waals surface area (Å²) < 4.78 is 4.96. The van der Waals surface area contributed by atoms with E-state index in [2.05, 4.69) is 10.2 Å². The van der Waals surface area contributed by atoms with Crippen molar-refractivity contribution >= 4 is 34.2 Å². The van der Waals surface area contributed by atoms with E-state index in [1.54, 1.807) is 0 Å². The number of urea groups is 1. The minimum absolute atomic E-state index is 0.117. The van der Waals surface area contributed by atoms with Gasteiger partial charge in [-0.05, 0) is 58.3 Å². The lowest BCUT2D eigenvalue weighted by molar-refractivity contribution is -0.136. The average molecular weight is 480 g/mol. The first kappa shape index (κ1) is 25.5. The van der Waals surface area contributed by atoms with E-state index in [1.807, 2.05) is 33.0 Å². The van der Waals surface area contributed by atoms with Crippen LogP contribution in [0.1, 0.15) is 40.6 Å². The van der Waals surface area contributed by atoms with Crippen molar-refractivity contribution in [3.63, 3.8) is 0 Å². The number of nitrogen functional groups attached to an aromatic ring is 1. The van der Waals surface area contributed by atoms with E-state index in [4.69, 9.17) is 10.5 Å². The van der Waals surface area contributed by atoms with Crippen LogP contribution in [0.15, 0.2) is 0 Å². The second-order valence-electron chi connectivity index (χ2n) is 9.37. The molecule has 9 nitrogen and oxygen atoms in total. The van der Waals surface area contributed by atoms with E-state index >= 15 is 0 Å². The Morgan fingerprint density at radius 2 is 1.97 bits per heavy atom. The number of nitrogens with zero attached hydrogens (tertiary/aromatic N) is 3. The summed E-state index contributed by atoms with van der Waals surface area (Å²) in [4.78, 5) is 45.3. The predicted molar refractivity (Wildman–Crippen MR) is 129 cm³/mol. The van der Waals surface area contributed by atoms with Gasteiger partial charge in [-0.25, -0.2) is 9.59 Å². The Hall–Kier alpha value is -2.17. The second kappa shape index (κ2) is 10.8. The lowest BCUT2D eigenvalue weighted by Gasteiger charge is -2.45. The Bertz CT molecular complexity index is 886. The van der Waals surface area contributed by atoms with Crippen molar-refractivity contribution < 1.29 is 19.1 Å². The van der Waals surface area contributed by atoms with E-state index < -0.39 is 5.97 Å². The number of nitrogens with one attached hydrogen (secondary N) is 1. The van der Waals surface area contributed by atoms with Crippen LogP contribution in [-0.4, -0.2) is 93.1 Å². The van der Waals surface area contributed by atoms with Crippen molar-refractivity contribution in [1.82, 2.24) is 20.0 Å². The van der Waals surface area contributed by atoms with Crippen molar-refractivity contribution in [1.29, 1.82) is 0 Å². The van der Waals surface area contributed by atoms with Crippen LogP contribution < -0.4 is 11.1 Å². The molecule has 0 saturated carbocycles. The zero-order valence-corrected chi connectivity index (χ0v) is 21.2. The summed E-state index contributed by atoms with van der Waals surface area (Å²) in [6.07, 6.45) is 2.90. The van der Waals surface area contributed by atoms with Crippen molar-refractivity contribution in [2.24, 2.45) is 11.8 Å². The van der Waals surface area contributed by atoms with E-state index in [0.717, 1.165) is 16.9 Å². The Morgan fingerprint density at radius 1 is 1.24 bits per heavy atom. The quantitative estimate of drug-likeness (QED) is 0.573. The fraction of sp³-hybridized carbons (Fsp3) is 0.696. The highest BCUT2D eigenvalue weighted by molar-refractivity contribution is 7.16. The number of methoxy groups -OCH3 is 1. The van der Waals surface area contributed by atoms with Crippen LogP contribution in [0.25, 0.3) is 0 Å². The minimum atomic E-state index is -0.399. The van der Waals surface area contributed by atoms with Crippen molar-refractivity contribution in [2.45, 2.75) is 38.6 Å². The molecular formula is C23H37N5O4S. The SMILES string of the molecule is CCCN(C(=O)NCCN(C)C)C(=O)[C@@H]1C[C@@H]2Cc3c(sc(N)c3C(=O)OC)C[C@H]2N(C)C1. The summed E-state index contributed by atoms with van der Waals surface area (Å²) >= 11 is 1.47. The number of hydrogen-bond donors (Lipinski definition) is 2. The number of fused-ring (bicyclic) bond motifs is 2. The molecule has 1 aromatic rings. The van der Waals surface area contributed by atoms with Crippen molar-refractivity contribution in [3.8, 4) is 0 Å². The fourth-order valence-electron chi connectivity index (χ4n) is 5.09. The number of thiophene rings is 1. The molecule has 3 N–H and O–H groups in total. The van der Waals surface area contributed by atoms with E-state index in [1.165, 1.54) is 23.3 Å². The van der Waals surface area contributed by atoms with Gasteiger partial charge in [-0.3, -0.25) is 9.69 Å². The molecular weight excluding hydrogens is 442 g/mol. The van der Waals surface area contributed by atoms with Gasteiger partial charge in [0, 0.05) is 37.1 Å². The van der Waals surface area contributed by atoms with Gasteiger partial charge in [-0.2, -0.15) is 0 Å². The Morgan fingerprint density at radius 3 is 2.61 bits per heavy atom. The number of carbonyl (C=O) groups excluding carboxylic acids is 3. The Balaban J connectivity index is 1.75. The first-order valence-electron chi connectivity index (χ1n) is 11.6. The largest absolute Gasteiger partial charge is 0.465 e. The number of imide groups is 1. The molecule has 10 heteroatoms. The molecule has 0 aromatic carbocycles. The first-order chi connectivity index (χ1) is 15.7. The molecule has 0 spiro atoms. The zero-order chi connectivity index (χ0) is 24.3. The third-order valence-corrected chi connectivity index (χ3v) is 7.80. The van der Waals surface area contributed by atoms with E-state index in [9.17, 15) is 14.4 Å². The monoisotopic (exact) mass is 479 g/mol. The van der Waals surface area contributed by atoms with E-state index in [0.29, 0.717) is 62.0 Å². The lowest BCUT2D eigenvalue weighted by atomic mass is 9.74. The molecule has 1 aromatic heterocycles. The van der Waals surface area contributed by atoms with Gasteiger partial charge < -0.3 is 25.6 Å². The van der Waals surface area contributed by atoms with Crippen molar-refractivity contribution in [2.75, 3.05) is 60.2 Å².